The number of piperidine rings is 1. The lowest BCUT2D eigenvalue weighted by atomic mass is 9.96. The Kier molecular flexibility index (Phi) is 8.79. The Labute approximate surface area is 251 Å². The van der Waals surface area contributed by atoms with E-state index in [1.165, 1.54) is 46.9 Å². The van der Waals surface area contributed by atoms with Gasteiger partial charge in [-0.3, -0.25) is 19.1 Å². The molecule has 2 saturated heterocycles. The predicted molar refractivity (Wildman–Crippen MR) is 153 cm³/mol. The van der Waals surface area contributed by atoms with Crippen LogP contribution in [-0.2, 0) is 24.6 Å². The number of carbonyl (C=O) groups is 3. The third kappa shape index (κ3) is 6.39. The first-order chi connectivity index (χ1) is 20.5. The first-order valence-electron chi connectivity index (χ1n) is 14.0. The maximum Gasteiger partial charge on any atom is 0.435 e. The molecule has 0 bridgehead atoms. The summed E-state index contributed by atoms with van der Waals surface area (Å²) in [7, 11) is 1.44. The van der Waals surface area contributed by atoms with Crippen LogP contribution < -0.4 is 10.6 Å². The highest BCUT2D eigenvalue weighted by Gasteiger charge is 2.38. The number of hydrogen-bond donors (Lipinski definition) is 2. The largest absolute Gasteiger partial charge is 0.435 e. The van der Waals surface area contributed by atoms with E-state index in [1.807, 2.05) is 4.90 Å². The van der Waals surface area contributed by atoms with Crippen molar-refractivity contribution < 1.29 is 27.6 Å². The summed E-state index contributed by atoms with van der Waals surface area (Å²) in [5.41, 5.74) is -0.640. The van der Waals surface area contributed by atoms with Crippen molar-refractivity contribution in [3.05, 3.63) is 52.7 Å². The van der Waals surface area contributed by atoms with Gasteiger partial charge in [0.1, 0.15) is 0 Å². The van der Waals surface area contributed by atoms with E-state index in [-0.39, 0.29) is 57.6 Å². The molecule has 3 aromatic rings. The molecule has 1 aromatic carbocycles. The van der Waals surface area contributed by atoms with Gasteiger partial charge in [-0.25, -0.2) is 4.98 Å². The summed E-state index contributed by atoms with van der Waals surface area (Å²) in [4.78, 5) is 46.6. The Bertz CT molecular complexity index is 1520. The average molecular weight is 621 g/mol. The molecular formula is C28H32ClF3N8O3. The van der Waals surface area contributed by atoms with Crippen LogP contribution in [0.2, 0.25) is 5.02 Å². The van der Waals surface area contributed by atoms with Crippen LogP contribution in [0.3, 0.4) is 0 Å². The van der Waals surface area contributed by atoms with E-state index in [9.17, 15) is 27.6 Å². The van der Waals surface area contributed by atoms with E-state index in [2.05, 4.69) is 20.7 Å². The van der Waals surface area contributed by atoms with Gasteiger partial charge in [-0.05, 0) is 51.1 Å². The molecule has 2 aliphatic heterocycles. The van der Waals surface area contributed by atoms with E-state index in [1.54, 1.807) is 11.8 Å². The van der Waals surface area contributed by atoms with Gasteiger partial charge in [0.2, 0.25) is 5.91 Å². The van der Waals surface area contributed by atoms with Crippen molar-refractivity contribution in [2.75, 3.05) is 44.6 Å². The highest BCUT2D eigenvalue weighted by Crippen LogP contribution is 2.36. The Morgan fingerprint density at radius 2 is 1.77 bits per heavy atom. The quantitative estimate of drug-likeness (QED) is 0.436. The Hall–Kier alpha value is -3.91. The van der Waals surface area contributed by atoms with Crippen molar-refractivity contribution in [3.63, 3.8) is 0 Å². The number of rotatable bonds is 6. The number of aromatic nitrogens is 4. The highest BCUT2D eigenvalue weighted by atomic mass is 35.5. The van der Waals surface area contributed by atoms with Gasteiger partial charge in [0.25, 0.3) is 11.8 Å². The fraction of sp³-hybridized carbons (Fsp3) is 0.464. The molecule has 2 aromatic heterocycles. The zero-order valence-electron chi connectivity index (χ0n) is 23.7. The van der Waals surface area contributed by atoms with Crippen LogP contribution >= 0.6 is 11.6 Å². The van der Waals surface area contributed by atoms with E-state index < -0.39 is 17.8 Å². The Morgan fingerprint density at radius 1 is 1.09 bits per heavy atom. The van der Waals surface area contributed by atoms with Gasteiger partial charge in [0, 0.05) is 57.6 Å². The van der Waals surface area contributed by atoms with Crippen LogP contribution in [0.15, 0.2) is 30.6 Å². The molecule has 2 aliphatic rings. The van der Waals surface area contributed by atoms with Crippen molar-refractivity contribution in [1.29, 1.82) is 0 Å². The smallest absolute Gasteiger partial charge is 0.339 e. The third-order valence-corrected chi connectivity index (χ3v) is 8.16. The van der Waals surface area contributed by atoms with Crippen LogP contribution in [-0.4, -0.2) is 86.1 Å². The van der Waals surface area contributed by atoms with Crippen LogP contribution in [0, 0.1) is 5.92 Å². The number of nitrogens with zero attached hydrogens (tertiary/aromatic N) is 6. The SMILES string of the molecule is CCn1cc(-c2cnc(C(=O)Nc3ccc(C(=O)N4CCN(C(=O)C5CCNCC5)CC4)c(Cl)c3)n2C)c(C(F)(F)F)n1. The molecule has 2 N–H and O–H groups in total. The number of carbonyl (C=O) groups excluding carboxylic acids is 3. The molecule has 2 fully saturated rings. The molecule has 0 unspecified atom stereocenters. The lowest BCUT2D eigenvalue weighted by Crippen LogP contribution is -2.52. The van der Waals surface area contributed by atoms with Crippen molar-refractivity contribution in [3.8, 4) is 11.3 Å². The van der Waals surface area contributed by atoms with E-state index in [0.29, 0.717) is 26.2 Å². The number of halogens is 4. The molecule has 0 radical (unpaired) electrons. The fourth-order valence-corrected chi connectivity index (χ4v) is 5.69. The molecule has 0 aliphatic carbocycles. The van der Waals surface area contributed by atoms with Gasteiger partial charge >= 0.3 is 6.18 Å². The van der Waals surface area contributed by atoms with Gasteiger partial charge < -0.3 is 25.0 Å². The van der Waals surface area contributed by atoms with E-state index in [4.69, 9.17) is 11.6 Å². The number of piperazine rings is 1. The van der Waals surface area contributed by atoms with Crippen LogP contribution in [0.4, 0.5) is 18.9 Å². The normalized spacial score (nSPS) is 16.4. The molecule has 0 atom stereocenters. The number of anilines is 1. The van der Waals surface area contributed by atoms with Crippen molar-refractivity contribution in [1.82, 2.24) is 34.4 Å². The summed E-state index contributed by atoms with van der Waals surface area (Å²) in [5, 5.41) is 9.64. The highest BCUT2D eigenvalue weighted by molar-refractivity contribution is 6.34. The number of hydrogen-bond acceptors (Lipinski definition) is 6. The van der Waals surface area contributed by atoms with Gasteiger partial charge in [-0.15, -0.1) is 0 Å². The Morgan fingerprint density at radius 3 is 2.40 bits per heavy atom. The first kappa shape index (κ1) is 30.5. The summed E-state index contributed by atoms with van der Waals surface area (Å²) in [6, 6.07) is 4.46. The summed E-state index contributed by atoms with van der Waals surface area (Å²) in [6.45, 7) is 5.26. The summed E-state index contributed by atoms with van der Waals surface area (Å²) < 4.78 is 43.2. The molecule has 230 valence electrons. The summed E-state index contributed by atoms with van der Waals surface area (Å²) >= 11 is 6.44. The molecule has 43 heavy (non-hydrogen) atoms. The minimum absolute atomic E-state index is 0.0236. The topological polar surface area (TPSA) is 117 Å². The van der Waals surface area contributed by atoms with E-state index in [0.717, 1.165) is 25.9 Å². The number of imidazole rings is 1. The number of alkyl halides is 3. The standard InChI is InChI=1S/C28H32ClF3N8O3/c1-3-40-16-20(23(36-40)28(30,31)32)22-15-34-24(37(22)2)25(41)35-18-4-5-19(21(29)14-18)27(43)39-12-10-38(11-13-39)26(42)17-6-8-33-9-7-17/h4-5,14-17,33H,3,6-13H2,1-2H3,(H,35,41). The molecule has 0 saturated carbocycles. The molecule has 4 heterocycles. The number of amides is 3. The van der Waals surface area contributed by atoms with Crippen LogP contribution in [0.1, 0.15) is 46.4 Å². The molecule has 15 heteroatoms. The third-order valence-electron chi connectivity index (χ3n) is 7.85. The number of nitrogens with one attached hydrogen (secondary N) is 2. The van der Waals surface area contributed by atoms with E-state index >= 15 is 0 Å². The fourth-order valence-electron chi connectivity index (χ4n) is 5.43. The lowest BCUT2D eigenvalue weighted by Gasteiger charge is -2.37. The number of aryl methyl sites for hydroxylation is 1. The van der Waals surface area contributed by atoms with Gasteiger partial charge in [0.15, 0.2) is 11.5 Å². The second-order valence-corrected chi connectivity index (χ2v) is 11.0. The molecule has 11 nitrogen and oxygen atoms in total. The maximum atomic E-state index is 13.6. The van der Waals surface area contributed by atoms with Crippen molar-refractivity contribution >= 4 is 35.0 Å². The first-order valence-corrected chi connectivity index (χ1v) is 14.4. The number of benzene rings is 1. The average Bonchev–Trinajstić information content (AvgIpc) is 3.60. The maximum absolute atomic E-state index is 13.6. The van der Waals surface area contributed by atoms with Gasteiger partial charge in [-0.2, -0.15) is 18.3 Å². The summed E-state index contributed by atoms with van der Waals surface area (Å²) in [6.07, 6.45) is -0.585. The van der Waals surface area contributed by atoms with Crippen molar-refractivity contribution in [2.24, 2.45) is 13.0 Å². The van der Waals surface area contributed by atoms with Gasteiger partial charge in [-0.1, -0.05) is 11.6 Å². The monoisotopic (exact) mass is 620 g/mol. The van der Waals surface area contributed by atoms with Crippen LogP contribution in [0.5, 0.6) is 0 Å². The molecule has 3 amide bonds. The molecule has 5 rings (SSSR count). The zero-order chi connectivity index (χ0) is 30.9. The lowest BCUT2D eigenvalue weighted by molar-refractivity contribution is -0.141. The van der Waals surface area contributed by atoms with Crippen LogP contribution in [0.25, 0.3) is 11.3 Å². The zero-order valence-corrected chi connectivity index (χ0v) is 24.5. The molecular weight excluding hydrogens is 589 g/mol. The summed E-state index contributed by atoms with van der Waals surface area (Å²) in [5.74, 6) is -0.909. The second kappa shape index (κ2) is 12.4. The molecule has 0 spiro atoms. The minimum Gasteiger partial charge on any atom is -0.339 e. The predicted octanol–water partition coefficient (Wildman–Crippen LogP) is 3.51. The van der Waals surface area contributed by atoms with Gasteiger partial charge in [0.05, 0.1) is 28.0 Å². The second-order valence-electron chi connectivity index (χ2n) is 10.6. The Balaban J connectivity index is 1.23. The minimum atomic E-state index is -4.68. The van der Waals surface area contributed by atoms with Crippen molar-refractivity contribution in [2.45, 2.75) is 32.5 Å².